The topological polar surface area (TPSA) is 110 Å². The number of aromatic nitrogens is 4. The van der Waals surface area contributed by atoms with Crippen LogP contribution in [0, 0.1) is 19.7 Å². The van der Waals surface area contributed by atoms with Gasteiger partial charge >= 0.3 is 0 Å². The number of fused-ring (bicyclic) bond motifs is 1. The third-order valence-corrected chi connectivity index (χ3v) is 5.54. The van der Waals surface area contributed by atoms with Gasteiger partial charge in [-0.15, -0.1) is 0 Å². The summed E-state index contributed by atoms with van der Waals surface area (Å²) in [4.78, 5) is 34.8. The van der Waals surface area contributed by atoms with Gasteiger partial charge < -0.3 is 10.4 Å². The molecular formula is C24H21ClFN5O3. The number of amides is 1. The number of anilines is 1. The molecule has 0 aliphatic heterocycles. The molecule has 0 unspecified atom stereocenters. The van der Waals surface area contributed by atoms with Gasteiger partial charge in [-0.1, -0.05) is 11.6 Å². The van der Waals surface area contributed by atoms with Gasteiger partial charge in [-0.2, -0.15) is 5.10 Å². The van der Waals surface area contributed by atoms with Crippen molar-refractivity contribution in [2.45, 2.75) is 33.3 Å². The lowest BCUT2D eigenvalue weighted by atomic mass is 10.0. The first-order valence-corrected chi connectivity index (χ1v) is 10.7. The largest absolute Gasteiger partial charge is 0.384 e. The van der Waals surface area contributed by atoms with Gasteiger partial charge in [0, 0.05) is 22.6 Å². The van der Waals surface area contributed by atoms with Gasteiger partial charge in [0.2, 0.25) is 5.43 Å². The zero-order chi connectivity index (χ0) is 24.8. The molecule has 10 heteroatoms. The summed E-state index contributed by atoms with van der Waals surface area (Å²) in [5.41, 5.74) is -0.192. The number of rotatable bonds is 4. The molecule has 1 amide bonds. The van der Waals surface area contributed by atoms with Crippen molar-refractivity contribution in [3.8, 4) is 5.69 Å². The van der Waals surface area contributed by atoms with E-state index in [9.17, 15) is 19.1 Å². The second kappa shape index (κ2) is 8.58. The monoisotopic (exact) mass is 481 g/mol. The summed E-state index contributed by atoms with van der Waals surface area (Å²) < 4.78 is 16.0. The Morgan fingerprint density at radius 2 is 1.91 bits per heavy atom. The smallest absolute Gasteiger partial charge is 0.280 e. The average molecular weight is 482 g/mol. The number of halogens is 2. The quantitative estimate of drug-likeness (QED) is 0.454. The molecule has 174 valence electrons. The van der Waals surface area contributed by atoms with Crippen molar-refractivity contribution in [2.75, 3.05) is 5.32 Å². The Balaban J connectivity index is 1.90. The minimum absolute atomic E-state index is 0.00160. The average Bonchev–Trinajstić information content (AvgIpc) is 2.75. The molecule has 0 radical (unpaired) electrons. The number of carbonyl (C=O) groups is 1. The fourth-order valence-corrected chi connectivity index (χ4v) is 3.51. The minimum atomic E-state index is -1.24. The molecule has 0 saturated heterocycles. The van der Waals surface area contributed by atoms with Gasteiger partial charge in [0.15, 0.2) is 5.69 Å². The van der Waals surface area contributed by atoms with E-state index in [2.05, 4.69) is 20.4 Å². The molecule has 0 saturated carbocycles. The molecule has 0 bridgehead atoms. The van der Waals surface area contributed by atoms with Gasteiger partial charge in [-0.05, 0) is 69.7 Å². The van der Waals surface area contributed by atoms with Gasteiger partial charge in [0.1, 0.15) is 22.6 Å². The maximum absolute atomic E-state index is 14.8. The van der Waals surface area contributed by atoms with Crippen LogP contribution in [0.4, 0.5) is 10.1 Å². The van der Waals surface area contributed by atoms with E-state index in [0.29, 0.717) is 17.1 Å². The Morgan fingerprint density at radius 1 is 1.18 bits per heavy atom. The number of aryl methyl sites for hydroxylation is 2. The fourth-order valence-electron chi connectivity index (χ4n) is 3.35. The first-order chi connectivity index (χ1) is 16.0. The number of benzene rings is 1. The van der Waals surface area contributed by atoms with Gasteiger partial charge in [-0.3, -0.25) is 14.6 Å². The SMILES string of the molecule is Cc1cc2c(nc1C)c(=O)c(C(=O)Nc1ccnc(C(C)(C)O)c1)nn2-c1ccc(Cl)cc1F. The van der Waals surface area contributed by atoms with Crippen LogP contribution in [0.5, 0.6) is 0 Å². The standard InChI is InChI=1S/C24H21ClFN5O3/c1-12-9-18-20(28-13(12)2)22(32)21(30-31(18)17-6-5-14(25)10-16(17)26)23(33)29-15-7-8-27-19(11-15)24(3,4)34/h5-11,34H,1-4H3,(H,27,29,33). The Labute approximate surface area is 199 Å². The normalized spacial score (nSPS) is 11.6. The van der Waals surface area contributed by atoms with Gasteiger partial charge in [0.25, 0.3) is 5.91 Å². The maximum atomic E-state index is 14.8. The predicted molar refractivity (Wildman–Crippen MR) is 127 cm³/mol. The molecule has 0 aliphatic carbocycles. The van der Waals surface area contributed by atoms with Crippen LogP contribution in [0.2, 0.25) is 5.02 Å². The molecule has 0 fully saturated rings. The van der Waals surface area contributed by atoms with E-state index in [4.69, 9.17) is 11.6 Å². The molecule has 34 heavy (non-hydrogen) atoms. The third-order valence-electron chi connectivity index (χ3n) is 5.30. The van der Waals surface area contributed by atoms with E-state index in [-0.39, 0.29) is 21.7 Å². The van der Waals surface area contributed by atoms with E-state index >= 15 is 0 Å². The van der Waals surface area contributed by atoms with Crippen molar-refractivity contribution in [2.24, 2.45) is 0 Å². The number of hydrogen-bond donors (Lipinski definition) is 2. The van der Waals surface area contributed by atoms with Gasteiger partial charge in [0.05, 0.1) is 11.2 Å². The van der Waals surface area contributed by atoms with Crippen molar-refractivity contribution in [3.05, 3.63) is 86.3 Å². The molecule has 1 aromatic carbocycles. The lowest BCUT2D eigenvalue weighted by Gasteiger charge is -2.17. The van der Waals surface area contributed by atoms with E-state index < -0.39 is 28.4 Å². The maximum Gasteiger partial charge on any atom is 0.280 e. The van der Waals surface area contributed by atoms with Crippen LogP contribution in [0.15, 0.2) is 47.4 Å². The van der Waals surface area contributed by atoms with Crippen molar-refractivity contribution in [3.63, 3.8) is 0 Å². The molecule has 0 atom stereocenters. The zero-order valence-electron chi connectivity index (χ0n) is 18.8. The van der Waals surface area contributed by atoms with Crippen molar-refractivity contribution in [1.82, 2.24) is 19.7 Å². The Hall–Kier alpha value is -3.69. The van der Waals surface area contributed by atoms with Gasteiger partial charge in [-0.25, -0.2) is 14.1 Å². The molecule has 2 N–H and O–H groups in total. The molecule has 3 heterocycles. The number of carbonyl (C=O) groups excluding carboxylic acids is 1. The summed E-state index contributed by atoms with van der Waals surface area (Å²) >= 11 is 5.89. The molecule has 0 spiro atoms. The summed E-state index contributed by atoms with van der Waals surface area (Å²) in [6, 6.07) is 8.67. The summed E-state index contributed by atoms with van der Waals surface area (Å²) in [7, 11) is 0. The number of nitrogens with zero attached hydrogens (tertiary/aromatic N) is 4. The summed E-state index contributed by atoms with van der Waals surface area (Å²) in [5.74, 6) is -1.50. The highest BCUT2D eigenvalue weighted by atomic mass is 35.5. The number of nitrogens with one attached hydrogen (secondary N) is 1. The van der Waals surface area contributed by atoms with Crippen LogP contribution >= 0.6 is 11.6 Å². The molecule has 4 rings (SSSR count). The van der Waals surface area contributed by atoms with Crippen LogP contribution in [0.3, 0.4) is 0 Å². The third kappa shape index (κ3) is 4.40. The highest BCUT2D eigenvalue weighted by Gasteiger charge is 2.23. The summed E-state index contributed by atoms with van der Waals surface area (Å²) in [5, 5.41) is 17.2. The fraction of sp³-hybridized carbons (Fsp3) is 0.208. The van der Waals surface area contributed by atoms with Crippen molar-refractivity contribution in [1.29, 1.82) is 0 Å². The lowest BCUT2D eigenvalue weighted by molar-refractivity contribution is 0.0738. The highest BCUT2D eigenvalue weighted by Crippen LogP contribution is 2.23. The first-order valence-electron chi connectivity index (χ1n) is 10.3. The minimum Gasteiger partial charge on any atom is -0.384 e. The number of hydrogen-bond acceptors (Lipinski definition) is 6. The Morgan fingerprint density at radius 3 is 2.59 bits per heavy atom. The Bertz CT molecular complexity index is 1510. The predicted octanol–water partition coefficient (Wildman–Crippen LogP) is 4.06. The summed E-state index contributed by atoms with van der Waals surface area (Å²) in [6.07, 6.45) is 1.42. The second-order valence-electron chi connectivity index (χ2n) is 8.39. The van der Waals surface area contributed by atoms with Crippen molar-refractivity contribution >= 4 is 34.2 Å². The molecule has 4 aromatic rings. The number of aliphatic hydroxyl groups is 1. The first kappa shape index (κ1) is 23.5. The van der Waals surface area contributed by atoms with E-state index in [0.717, 1.165) is 11.6 Å². The summed E-state index contributed by atoms with van der Waals surface area (Å²) in [6.45, 7) is 6.65. The molecule has 3 aromatic heterocycles. The van der Waals surface area contributed by atoms with Crippen LogP contribution in [-0.4, -0.2) is 30.8 Å². The highest BCUT2D eigenvalue weighted by molar-refractivity contribution is 6.30. The van der Waals surface area contributed by atoms with E-state index in [1.54, 1.807) is 33.8 Å². The van der Waals surface area contributed by atoms with Crippen molar-refractivity contribution < 1.29 is 14.3 Å². The Kier molecular flexibility index (Phi) is 5.93. The molecule has 8 nitrogen and oxygen atoms in total. The van der Waals surface area contributed by atoms with Crippen LogP contribution < -0.4 is 10.7 Å². The van der Waals surface area contributed by atoms with Crippen LogP contribution in [0.25, 0.3) is 16.7 Å². The van der Waals surface area contributed by atoms with Crippen LogP contribution in [0.1, 0.15) is 41.3 Å². The van der Waals surface area contributed by atoms with E-state index in [1.807, 2.05) is 0 Å². The number of pyridine rings is 2. The molecular weight excluding hydrogens is 461 g/mol. The zero-order valence-corrected chi connectivity index (χ0v) is 19.6. The van der Waals surface area contributed by atoms with Crippen LogP contribution in [-0.2, 0) is 5.60 Å². The molecule has 0 aliphatic rings. The lowest BCUT2D eigenvalue weighted by Crippen LogP contribution is -2.28. The second-order valence-corrected chi connectivity index (χ2v) is 8.82. The van der Waals surface area contributed by atoms with E-state index in [1.165, 1.54) is 35.1 Å².